The molecule has 0 heterocycles. The van der Waals surface area contributed by atoms with Crippen LogP contribution in [0.1, 0.15) is 36.8 Å². The molecule has 2 aromatic rings. The van der Waals surface area contributed by atoms with Crippen molar-refractivity contribution in [3.8, 4) is 0 Å². The standard InChI is InChI=1S/C20H24F2N2/c21-17-9-5-15(6-10-17)13-23-19-3-1-2-4-20(19)24-14-16-7-11-18(22)12-8-16/h5-12,19-20,23-24H,1-4,13-14H2/t19-,20-/m1/s1. The van der Waals surface area contributed by atoms with Crippen LogP contribution < -0.4 is 10.6 Å². The molecular weight excluding hydrogens is 306 g/mol. The molecular formula is C20H24F2N2. The highest BCUT2D eigenvalue weighted by molar-refractivity contribution is 5.17. The molecule has 0 aliphatic heterocycles. The maximum absolute atomic E-state index is 13.0. The number of halogens is 2. The SMILES string of the molecule is Fc1ccc(CN[C@@H]2CCCC[C@H]2NCc2ccc(F)cc2)cc1. The first-order chi connectivity index (χ1) is 11.7. The van der Waals surface area contributed by atoms with Gasteiger partial charge in [0, 0.05) is 25.2 Å². The highest BCUT2D eigenvalue weighted by Gasteiger charge is 2.24. The molecule has 128 valence electrons. The van der Waals surface area contributed by atoms with E-state index in [1.807, 2.05) is 24.3 Å². The van der Waals surface area contributed by atoms with E-state index in [0.717, 1.165) is 37.1 Å². The van der Waals surface area contributed by atoms with E-state index < -0.39 is 0 Å². The maximum atomic E-state index is 13.0. The molecule has 1 fully saturated rings. The summed E-state index contributed by atoms with van der Waals surface area (Å²) in [5.74, 6) is -0.398. The van der Waals surface area contributed by atoms with Gasteiger partial charge in [-0.25, -0.2) is 8.78 Å². The van der Waals surface area contributed by atoms with Crippen molar-refractivity contribution in [1.82, 2.24) is 10.6 Å². The number of benzene rings is 2. The van der Waals surface area contributed by atoms with Crippen LogP contribution in [-0.4, -0.2) is 12.1 Å². The van der Waals surface area contributed by atoms with E-state index in [1.165, 1.54) is 37.1 Å². The van der Waals surface area contributed by atoms with Crippen LogP contribution in [0.4, 0.5) is 8.78 Å². The second kappa shape index (κ2) is 8.36. The number of rotatable bonds is 6. The van der Waals surface area contributed by atoms with Crippen LogP contribution in [0.15, 0.2) is 48.5 Å². The minimum atomic E-state index is -0.199. The quantitative estimate of drug-likeness (QED) is 0.831. The molecule has 2 nitrogen and oxygen atoms in total. The number of nitrogens with one attached hydrogen (secondary N) is 2. The largest absolute Gasteiger partial charge is 0.308 e. The molecule has 0 bridgehead atoms. The Morgan fingerprint density at radius 2 is 1.04 bits per heavy atom. The predicted molar refractivity (Wildman–Crippen MR) is 92.5 cm³/mol. The zero-order valence-electron chi connectivity index (χ0n) is 13.8. The molecule has 3 rings (SSSR count). The molecule has 2 atom stereocenters. The Hall–Kier alpha value is -1.78. The van der Waals surface area contributed by atoms with Gasteiger partial charge in [-0.3, -0.25) is 0 Å². The Labute approximate surface area is 142 Å². The van der Waals surface area contributed by atoms with Gasteiger partial charge in [0.05, 0.1) is 0 Å². The lowest BCUT2D eigenvalue weighted by Gasteiger charge is -2.33. The van der Waals surface area contributed by atoms with E-state index in [2.05, 4.69) is 10.6 Å². The third-order valence-electron chi connectivity index (χ3n) is 4.73. The Kier molecular flexibility index (Phi) is 5.94. The van der Waals surface area contributed by atoms with Crippen molar-refractivity contribution in [2.24, 2.45) is 0 Å². The van der Waals surface area contributed by atoms with Gasteiger partial charge in [-0.1, -0.05) is 37.1 Å². The van der Waals surface area contributed by atoms with Gasteiger partial charge in [0.15, 0.2) is 0 Å². The van der Waals surface area contributed by atoms with Crippen LogP contribution in [0.3, 0.4) is 0 Å². The molecule has 0 unspecified atom stereocenters. The van der Waals surface area contributed by atoms with E-state index in [4.69, 9.17) is 0 Å². The van der Waals surface area contributed by atoms with Crippen molar-refractivity contribution in [2.45, 2.75) is 50.9 Å². The third-order valence-corrected chi connectivity index (χ3v) is 4.73. The first-order valence-corrected chi connectivity index (χ1v) is 8.66. The minimum absolute atomic E-state index is 0.199. The topological polar surface area (TPSA) is 24.1 Å². The average molecular weight is 330 g/mol. The third kappa shape index (κ3) is 4.86. The molecule has 1 saturated carbocycles. The van der Waals surface area contributed by atoms with Crippen molar-refractivity contribution < 1.29 is 8.78 Å². The Balaban J connectivity index is 1.52. The molecule has 0 amide bonds. The van der Waals surface area contributed by atoms with Gasteiger partial charge in [-0.2, -0.15) is 0 Å². The van der Waals surface area contributed by atoms with Gasteiger partial charge in [0.25, 0.3) is 0 Å². The highest BCUT2D eigenvalue weighted by atomic mass is 19.1. The summed E-state index contributed by atoms with van der Waals surface area (Å²) < 4.78 is 26.0. The molecule has 0 aromatic heterocycles. The summed E-state index contributed by atoms with van der Waals surface area (Å²) in [4.78, 5) is 0. The van der Waals surface area contributed by atoms with Crippen molar-refractivity contribution in [1.29, 1.82) is 0 Å². The van der Waals surface area contributed by atoms with Crippen LogP contribution in [-0.2, 0) is 13.1 Å². The Bertz CT molecular complexity index is 568. The van der Waals surface area contributed by atoms with E-state index in [0.29, 0.717) is 12.1 Å². The van der Waals surface area contributed by atoms with Gasteiger partial charge < -0.3 is 10.6 Å². The summed E-state index contributed by atoms with van der Waals surface area (Å²) in [7, 11) is 0. The molecule has 24 heavy (non-hydrogen) atoms. The first kappa shape index (κ1) is 17.1. The zero-order valence-corrected chi connectivity index (χ0v) is 13.8. The molecule has 1 aliphatic carbocycles. The normalized spacial score (nSPS) is 20.9. The molecule has 4 heteroatoms. The Morgan fingerprint density at radius 1 is 0.667 bits per heavy atom. The van der Waals surface area contributed by atoms with Gasteiger partial charge in [0.2, 0.25) is 0 Å². The van der Waals surface area contributed by atoms with Crippen molar-refractivity contribution in [2.75, 3.05) is 0 Å². The summed E-state index contributed by atoms with van der Waals surface area (Å²) in [5, 5.41) is 7.22. The van der Waals surface area contributed by atoms with Crippen LogP contribution >= 0.6 is 0 Å². The minimum Gasteiger partial charge on any atom is -0.308 e. The molecule has 0 radical (unpaired) electrons. The number of hydrogen-bond donors (Lipinski definition) is 2. The molecule has 1 aliphatic rings. The fraction of sp³-hybridized carbons (Fsp3) is 0.400. The van der Waals surface area contributed by atoms with Gasteiger partial charge in [-0.15, -0.1) is 0 Å². The fourth-order valence-electron chi connectivity index (χ4n) is 3.32. The lowest BCUT2D eigenvalue weighted by Crippen LogP contribution is -2.49. The summed E-state index contributed by atoms with van der Waals surface area (Å²) in [5.41, 5.74) is 2.19. The molecule has 2 N–H and O–H groups in total. The first-order valence-electron chi connectivity index (χ1n) is 8.66. The molecule has 0 saturated heterocycles. The van der Waals surface area contributed by atoms with Crippen molar-refractivity contribution in [3.63, 3.8) is 0 Å². The van der Waals surface area contributed by atoms with E-state index in [1.54, 1.807) is 0 Å². The van der Waals surface area contributed by atoms with Crippen LogP contribution in [0.5, 0.6) is 0 Å². The van der Waals surface area contributed by atoms with Crippen LogP contribution in [0.2, 0.25) is 0 Å². The summed E-state index contributed by atoms with van der Waals surface area (Å²) in [6, 6.07) is 14.1. The molecule has 2 aromatic carbocycles. The van der Waals surface area contributed by atoms with E-state index in [-0.39, 0.29) is 11.6 Å². The lowest BCUT2D eigenvalue weighted by molar-refractivity contribution is 0.281. The summed E-state index contributed by atoms with van der Waals surface area (Å²) in [6.07, 6.45) is 4.75. The average Bonchev–Trinajstić information content (AvgIpc) is 2.61. The van der Waals surface area contributed by atoms with Crippen molar-refractivity contribution in [3.05, 3.63) is 71.3 Å². The highest BCUT2D eigenvalue weighted by Crippen LogP contribution is 2.20. The van der Waals surface area contributed by atoms with Gasteiger partial charge in [-0.05, 0) is 48.2 Å². The smallest absolute Gasteiger partial charge is 0.123 e. The summed E-state index contributed by atoms with van der Waals surface area (Å²) in [6.45, 7) is 1.50. The van der Waals surface area contributed by atoms with Crippen LogP contribution in [0.25, 0.3) is 0 Å². The summed E-state index contributed by atoms with van der Waals surface area (Å²) >= 11 is 0. The fourth-order valence-corrected chi connectivity index (χ4v) is 3.32. The maximum Gasteiger partial charge on any atom is 0.123 e. The lowest BCUT2D eigenvalue weighted by atomic mass is 9.90. The second-order valence-corrected chi connectivity index (χ2v) is 6.51. The van der Waals surface area contributed by atoms with E-state index >= 15 is 0 Å². The predicted octanol–water partition coefficient (Wildman–Crippen LogP) is 4.16. The monoisotopic (exact) mass is 330 g/mol. The van der Waals surface area contributed by atoms with Gasteiger partial charge >= 0.3 is 0 Å². The van der Waals surface area contributed by atoms with Gasteiger partial charge in [0.1, 0.15) is 11.6 Å². The zero-order chi connectivity index (χ0) is 16.8. The Morgan fingerprint density at radius 3 is 1.42 bits per heavy atom. The second-order valence-electron chi connectivity index (χ2n) is 6.51. The molecule has 0 spiro atoms. The van der Waals surface area contributed by atoms with E-state index in [9.17, 15) is 8.78 Å². The number of hydrogen-bond acceptors (Lipinski definition) is 2. The van der Waals surface area contributed by atoms with Crippen LogP contribution in [0, 0.1) is 11.6 Å². The van der Waals surface area contributed by atoms with Crippen molar-refractivity contribution >= 4 is 0 Å².